The van der Waals surface area contributed by atoms with Gasteiger partial charge in [-0.1, -0.05) is 13.8 Å². The van der Waals surface area contributed by atoms with Crippen LogP contribution in [0.4, 0.5) is 5.82 Å². The van der Waals surface area contributed by atoms with Crippen LogP contribution < -0.4 is 10.1 Å². The normalized spacial score (nSPS) is 10.9. The Morgan fingerprint density at radius 3 is 2.52 bits per heavy atom. The molecule has 0 radical (unpaired) electrons. The molecule has 1 heterocycles. The zero-order valence-electron chi connectivity index (χ0n) is 13.5. The Hall–Kier alpha value is -1.40. The standard InChI is InChI=1S/C15H27N3O3/c1-12(2)10-14-17-13(16-6-5-7-19-3)11-15(18-14)21-9-8-20-4/h11-12H,5-10H2,1-4H3,(H,16,17,18). The van der Waals surface area contributed by atoms with Crippen molar-refractivity contribution in [2.75, 3.05) is 45.9 Å². The van der Waals surface area contributed by atoms with Crippen LogP contribution in [0.25, 0.3) is 0 Å². The maximum Gasteiger partial charge on any atom is 0.218 e. The molecule has 0 spiro atoms. The SMILES string of the molecule is COCCCNc1cc(OCCOC)nc(CC(C)C)n1. The fourth-order valence-corrected chi connectivity index (χ4v) is 1.76. The number of aromatic nitrogens is 2. The predicted molar refractivity (Wildman–Crippen MR) is 82.9 cm³/mol. The zero-order chi connectivity index (χ0) is 15.5. The van der Waals surface area contributed by atoms with E-state index >= 15 is 0 Å². The topological polar surface area (TPSA) is 65.5 Å². The summed E-state index contributed by atoms with van der Waals surface area (Å²) in [5.41, 5.74) is 0. The Bertz CT molecular complexity index is 400. The molecule has 0 saturated heterocycles. The molecule has 0 unspecified atom stereocenters. The molecule has 1 aromatic heterocycles. The minimum atomic E-state index is 0.484. The summed E-state index contributed by atoms with van der Waals surface area (Å²) in [6, 6.07) is 1.83. The summed E-state index contributed by atoms with van der Waals surface area (Å²) < 4.78 is 15.6. The number of ether oxygens (including phenoxy) is 3. The van der Waals surface area contributed by atoms with Gasteiger partial charge in [-0.05, 0) is 12.3 Å². The van der Waals surface area contributed by atoms with Crippen LogP contribution in [0.15, 0.2) is 6.07 Å². The second-order valence-corrected chi connectivity index (χ2v) is 5.22. The Labute approximate surface area is 127 Å². The Morgan fingerprint density at radius 2 is 1.86 bits per heavy atom. The van der Waals surface area contributed by atoms with E-state index in [-0.39, 0.29) is 0 Å². The smallest absolute Gasteiger partial charge is 0.218 e. The second kappa shape index (κ2) is 10.3. The van der Waals surface area contributed by atoms with Crippen molar-refractivity contribution in [3.63, 3.8) is 0 Å². The van der Waals surface area contributed by atoms with Crippen molar-refractivity contribution in [1.29, 1.82) is 0 Å². The number of hydrogen-bond donors (Lipinski definition) is 1. The fraction of sp³-hybridized carbons (Fsp3) is 0.733. The van der Waals surface area contributed by atoms with E-state index in [1.807, 2.05) is 6.07 Å². The highest BCUT2D eigenvalue weighted by Gasteiger charge is 2.07. The number of hydrogen-bond acceptors (Lipinski definition) is 6. The van der Waals surface area contributed by atoms with Gasteiger partial charge in [-0.2, -0.15) is 4.98 Å². The molecular weight excluding hydrogens is 270 g/mol. The van der Waals surface area contributed by atoms with Crippen LogP contribution >= 0.6 is 0 Å². The molecule has 0 aliphatic carbocycles. The zero-order valence-corrected chi connectivity index (χ0v) is 13.5. The minimum Gasteiger partial charge on any atom is -0.475 e. The molecule has 0 aliphatic rings. The van der Waals surface area contributed by atoms with Crippen molar-refractivity contribution >= 4 is 5.82 Å². The molecule has 21 heavy (non-hydrogen) atoms. The van der Waals surface area contributed by atoms with Gasteiger partial charge in [0.05, 0.1) is 6.61 Å². The lowest BCUT2D eigenvalue weighted by atomic mass is 10.1. The molecule has 1 N–H and O–H groups in total. The highest BCUT2D eigenvalue weighted by Crippen LogP contribution is 2.15. The first-order chi connectivity index (χ1) is 10.2. The van der Waals surface area contributed by atoms with Crippen molar-refractivity contribution in [3.8, 4) is 5.88 Å². The molecule has 0 bridgehead atoms. The molecule has 6 nitrogen and oxygen atoms in total. The summed E-state index contributed by atoms with van der Waals surface area (Å²) in [4.78, 5) is 8.96. The first kappa shape index (κ1) is 17.7. The monoisotopic (exact) mass is 297 g/mol. The molecule has 0 fully saturated rings. The van der Waals surface area contributed by atoms with Gasteiger partial charge in [-0.3, -0.25) is 0 Å². The summed E-state index contributed by atoms with van der Waals surface area (Å²) in [6.07, 6.45) is 1.76. The van der Waals surface area contributed by atoms with Crippen LogP contribution in [0, 0.1) is 5.92 Å². The van der Waals surface area contributed by atoms with E-state index in [1.165, 1.54) is 0 Å². The van der Waals surface area contributed by atoms with Crippen LogP contribution in [0.1, 0.15) is 26.1 Å². The van der Waals surface area contributed by atoms with Gasteiger partial charge >= 0.3 is 0 Å². The Balaban J connectivity index is 2.67. The molecule has 0 aromatic carbocycles. The Kier molecular flexibility index (Phi) is 8.69. The summed E-state index contributed by atoms with van der Waals surface area (Å²) in [5, 5.41) is 3.28. The van der Waals surface area contributed by atoms with E-state index in [0.29, 0.717) is 25.0 Å². The van der Waals surface area contributed by atoms with Crippen LogP contribution in [0.2, 0.25) is 0 Å². The van der Waals surface area contributed by atoms with E-state index in [0.717, 1.165) is 37.6 Å². The lowest BCUT2D eigenvalue weighted by Gasteiger charge is -2.11. The van der Waals surface area contributed by atoms with Gasteiger partial charge in [0.15, 0.2) is 0 Å². The van der Waals surface area contributed by atoms with Gasteiger partial charge < -0.3 is 19.5 Å². The minimum absolute atomic E-state index is 0.484. The molecule has 120 valence electrons. The highest BCUT2D eigenvalue weighted by molar-refractivity contribution is 5.38. The highest BCUT2D eigenvalue weighted by atomic mass is 16.5. The average molecular weight is 297 g/mol. The second-order valence-electron chi connectivity index (χ2n) is 5.22. The van der Waals surface area contributed by atoms with Crippen molar-refractivity contribution < 1.29 is 14.2 Å². The molecule has 6 heteroatoms. The molecule has 0 aliphatic heterocycles. The maximum absolute atomic E-state index is 5.60. The van der Waals surface area contributed by atoms with Crippen LogP contribution in [0.3, 0.4) is 0 Å². The Morgan fingerprint density at radius 1 is 1.10 bits per heavy atom. The number of rotatable bonds is 11. The van der Waals surface area contributed by atoms with Crippen LogP contribution in [-0.4, -0.2) is 50.6 Å². The van der Waals surface area contributed by atoms with Gasteiger partial charge in [-0.15, -0.1) is 0 Å². The summed E-state index contributed by atoms with van der Waals surface area (Å²) >= 11 is 0. The third-order valence-electron chi connectivity index (χ3n) is 2.71. The van der Waals surface area contributed by atoms with E-state index in [9.17, 15) is 0 Å². The van der Waals surface area contributed by atoms with Gasteiger partial charge in [0.2, 0.25) is 5.88 Å². The van der Waals surface area contributed by atoms with E-state index in [4.69, 9.17) is 14.2 Å². The molecular formula is C15H27N3O3. The molecule has 0 amide bonds. The van der Waals surface area contributed by atoms with Gasteiger partial charge in [-0.25, -0.2) is 4.98 Å². The summed E-state index contributed by atoms with van der Waals surface area (Å²) in [7, 11) is 3.35. The van der Waals surface area contributed by atoms with Gasteiger partial charge in [0.1, 0.15) is 18.2 Å². The fourth-order valence-electron chi connectivity index (χ4n) is 1.76. The van der Waals surface area contributed by atoms with Crippen molar-refractivity contribution in [2.24, 2.45) is 5.92 Å². The summed E-state index contributed by atoms with van der Waals surface area (Å²) in [5.74, 6) is 2.69. The first-order valence-electron chi connectivity index (χ1n) is 7.38. The van der Waals surface area contributed by atoms with E-state index in [2.05, 4.69) is 29.1 Å². The lowest BCUT2D eigenvalue weighted by Crippen LogP contribution is -2.11. The van der Waals surface area contributed by atoms with E-state index in [1.54, 1.807) is 14.2 Å². The summed E-state index contributed by atoms with van der Waals surface area (Å²) in [6.45, 7) is 6.86. The molecule has 1 aromatic rings. The number of methoxy groups -OCH3 is 2. The third-order valence-corrected chi connectivity index (χ3v) is 2.71. The molecule has 1 rings (SSSR count). The van der Waals surface area contributed by atoms with Crippen molar-refractivity contribution in [3.05, 3.63) is 11.9 Å². The largest absolute Gasteiger partial charge is 0.475 e. The first-order valence-corrected chi connectivity index (χ1v) is 7.38. The number of anilines is 1. The van der Waals surface area contributed by atoms with Crippen molar-refractivity contribution in [1.82, 2.24) is 9.97 Å². The third kappa shape index (κ3) is 7.82. The molecule has 0 saturated carbocycles. The molecule has 0 atom stereocenters. The maximum atomic E-state index is 5.60. The van der Waals surface area contributed by atoms with Crippen LogP contribution in [0.5, 0.6) is 5.88 Å². The van der Waals surface area contributed by atoms with E-state index < -0.39 is 0 Å². The lowest BCUT2D eigenvalue weighted by molar-refractivity contribution is 0.143. The van der Waals surface area contributed by atoms with Crippen molar-refractivity contribution in [2.45, 2.75) is 26.7 Å². The quantitative estimate of drug-likeness (QED) is 0.631. The van der Waals surface area contributed by atoms with Gasteiger partial charge in [0, 0.05) is 39.9 Å². The van der Waals surface area contributed by atoms with Crippen LogP contribution in [-0.2, 0) is 15.9 Å². The predicted octanol–water partition coefficient (Wildman–Crippen LogP) is 2.15. The average Bonchev–Trinajstić information content (AvgIpc) is 2.43. The van der Waals surface area contributed by atoms with Gasteiger partial charge in [0.25, 0.3) is 0 Å². The number of nitrogens with one attached hydrogen (secondary N) is 1. The number of nitrogens with zero attached hydrogens (tertiary/aromatic N) is 2.